The number of hydrogen-bond donors (Lipinski definition) is 1. The first kappa shape index (κ1) is 45.0. The van der Waals surface area contributed by atoms with E-state index in [9.17, 15) is 19.5 Å². The van der Waals surface area contributed by atoms with Crippen LogP contribution in [0.1, 0.15) is 35.6 Å². The number of anilines is 1. The highest BCUT2D eigenvalue weighted by Crippen LogP contribution is 2.60. The van der Waals surface area contributed by atoms with Gasteiger partial charge in [-0.3, -0.25) is 19.2 Å². The molecule has 5 heterocycles. The lowest BCUT2D eigenvalue weighted by Crippen LogP contribution is -2.52. The summed E-state index contributed by atoms with van der Waals surface area (Å²) in [7, 11) is -1.06. The highest BCUT2D eigenvalue weighted by Gasteiger charge is 2.66. The third-order valence-electron chi connectivity index (χ3n) is 15.2. The number of methoxy groups -OCH3 is 1. The van der Waals surface area contributed by atoms with Crippen LogP contribution in [0.25, 0.3) is 32.9 Å². The second-order valence-corrected chi connectivity index (χ2v) is 24.0. The summed E-state index contributed by atoms with van der Waals surface area (Å²) in [6.07, 6.45) is 3.14. The Morgan fingerprint density at radius 3 is 2.01 bits per heavy atom. The molecule has 2 amide bonds. The predicted octanol–water partition coefficient (Wildman–Crippen LogP) is 7.19. The van der Waals surface area contributed by atoms with Gasteiger partial charge in [-0.1, -0.05) is 110 Å². The number of rotatable bonds is 10. The van der Waals surface area contributed by atoms with Crippen molar-refractivity contribution in [3.63, 3.8) is 0 Å². The number of carbonyl (C=O) groups is 2. The number of benzene rings is 6. The fourth-order valence-electron chi connectivity index (χ4n) is 11.6. The normalized spacial score (nSPS) is 20.8. The second kappa shape index (κ2) is 17.5. The molecule has 3 aliphatic heterocycles. The van der Waals surface area contributed by atoms with Crippen molar-refractivity contribution in [2.24, 2.45) is 5.92 Å². The molecule has 2 aromatic heterocycles. The Kier molecular flexibility index (Phi) is 11.2. The number of ether oxygens (including phenoxy) is 2. The molecule has 1 spiro atoms. The number of carbonyl (C=O) groups excluding carboxylic acids is 2. The molecule has 3 aliphatic rings. The van der Waals surface area contributed by atoms with Crippen molar-refractivity contribution >= 4 is 52.3 Å². The lowest BCUT2D eigenvalue weighted by atomic mass is 9.82. The van der Waals surface area contributed by atoms with Crippen LogP contribution >= 0.6 is 0 Å². The Bertz CT molecular complexity index is 3480. The Hall–Kier alpha value is -7.52. The maximum absolute atomic E-state index is 15.9. The molecule has 13 nitrogen and oxygen atoms in total. The fourth-order valence-corrected chi connectivity index (χ4v) is 15.6. The highest BCUT2D eigenvalue weighted by molar-refractivity contribution is 6.91. The van der Waals surface area contributed by atoms with E-state index < -0.39 is 31.7 Å². The number of amides is 2. The summed E-state index contributed by atoms with van der Waals surface area (Å²) in [5, 5.41) is 23.4. The van der Waals surface area contributed by atoms with Gasteiger partial charge in [0.25, 0.3) is 17.0 Å². The van der Waals surface area contributed by atoms with Gasteiger partial charge < -0.3 is 24.4 Å². The number of nitrogens with zero attached hydrogens (tertiary/aromatic N) is 6. The first-order chi connectivity index (χ1) is 33.9. The van der Waals surface area contributed by atoms with E-state index in [2.05, 4.69) is 42.3 Å². The van der Waals surface area contributed by atoms with Crippen LogP contribution in [0.15, 0.2) is 162 Å². The minimum atomic E-state index is -2.70. The number of fused-ring (bicyclic) bond motifs is 5. The van der Waals surface area contributed by atoms with Gasteiger partial charge in [-0.25, -0.2) is 0 Å². The zero-order valence-corrected chi connectivity index (χ0v) is 40.4. The van der Waals surface area contributed by atoms with Gasteiger partial charge in [0.05, 0.1) is 87.1 Å². The molecule has 352 valence electrons. The van der Waals surface area contributed by atoms with Crippen LogP contribution in [-0.4, -0.2) is 75.3 Å². The topological polar surface area (TPSA) is 149 Å². The number of aliphatic hydroxyl groups excluding tert-OH is 1. The first-order valence-electron chi connectivity index (χ1n) is 23.7. The lowest BCUT2D eigenvalue weighted by molar-refractivity contribution is -0.151. The summed E-state index contributed by atoms with van der Waals surface area (Å²) in [4.78, 5) is 62.0. The SMILES string of the molecule is COc1ccc([Si](C)(C)[C@H]2[C@H](CC(=O)N3Cc4ccccc4C[C@H]3CO)O[C@@]3(C(=O)N(Cc4ccc(-n5ncc6ccccc6c5=O)cc4)c4ccc(-n5ncc6ccccc6c5=O)cc43)[C@@H]2C)cc1. The predicted molar refractivity (Wildman–Crippen MR) is 272 cm³/mol. The molecule has 0 unspecified atom stereocenters. The molecule has 0 bridgehead atoms. The zero-order chi connectivity index (χ0) is 48.5. The highest BCUT2D eigenvalue weighted by atomic mass is 28.3. The lowest BCUT2D eigenvalue weighted by Gasteiger charge is -2.39. The molecule has 14 heteroatoms. The third-order valence-corrected chi connectivity index (χ3v) is 19.6. The van der Waals surface area contributed by atoms with Gasteiger partial charge in [0.1, 0.15) is 5.75 Å². The molecule has 0 aliphatic carbocycles. The van der Waals surface area contributed by atoms with Gasteiger partial charge in [-0.05, 0) is 83.2 Å². The Labute approximate surface area is 405 Å². The van der Waals surface area contributed by atoms with Crippen LogP contribution in [0.2, 0.25) is 18.6 Å². The van der Waals surface area contributed by atoms with Crippen molar-refractivity contribution in [1.82, 2.24) is 24.5 Å². The van der Waals surface area contributed by atoms with Gasteiger partial charge in [-0.2, -0.15) is 19.6 Å². The minimum absolute atomic E-state index is 0.0142. The summed E-state index contributed by atoms with van der Waals surface area (Å²) in [5.41, 5.74) is 2.82. The van der Waals surface area contributed by atoms with Crippen molar-refractivity contribution in [2.75, 3.05) is 18.6 Å². The monoisotopic (exact) mass is 948 g/mol. The summed E-state index contributed by atoms with van der Waals surface area (Å²) in [5.74, 6) is -0.175. The Morgan fingerprint density at radius 2 is 1.37 bits per heavy atom. The molecule has 1 N–H and O–H groups in total. The second-order valence-electron chi connectivity index (χ2n) is 19.3. The van der Waals surface area contributed by atoms with E-state index in [-0.39, 0.29) is 48.0 Å². The molecular weight excluding hydrogens is 897 g/mol. The van der Waals surface area contributed by atoms with E-state index in [0.29, 0.717) is 51.7 Å². The largest absolute Gasteiger partial charge is 0.497 e. The van der Waals surface area contributed by atoms with Crippen LogP contribution < -0.4 is 25.9 Å². The average Bonchev–Trinajstić information content (AvgIpc) is 3.81. The van der Waals surface area contributed by atoms with Crippen LogP contribution in [0.3, 0.4) is 0 Å². The smallest absolute Gasteiger partial charge is 0.279 e. The van der Waals surface area contributed by atoms with E-state index in [1.54, 1.807) is 47.5 Å². The number of hydrogen-bond acceptors (Lipinski definition) is 9. The van der Waals surface area contributed by atoms with Crippen molar-refractivity contribution in [2.45, 2.75) is 69.2 Å². The van der Waals surface area contributed by atoms with Gasteiger partial charge in [0.2, 0.25) is 5.91 Å². The van der Waals surface area contributed by atoms with Gasteiger partial charge in [0, 0.05) is 28.8 Å². The van der Waals surface area contributed by atoms with Crippen LogP contribution in [0.4, 0.5) is 5.69 Å². The molecule has 0 radical (unpaired) electrons. The van der Waals surface area contributed by atoms with E-state index in [0.717, 1.165) is 33.0 Å². The zero-order valence-electron chi connectivity index (χ0n) is 39.4. The Balaban J connectivity index is 1.02. The van der Waals surface area contributed by atoms with E-state index in [1.165, 1.54) is 9.36 Å². The minimum Gasteiger partial charge on any atom is -0.497 e. The molecule has 0 saturated carbocycles. The standard InChI is InChI=1S/C56H52N6O7Si/c1-35-52(70(3,4)45-24-22-44(68-2)23-25-45)50(29-51(64)59-33-40-14-6-5-11-37(40)27-43(59)34-63)69-56(35)48-28-42(62-54(66)47-16-10-8-13-39(47)31-58-62)21-26-49(48)60(55(56)67)32-36-17-19-41(20-18-36)61-53(65)46-15-9-7-12-38(46)30-57-61/h5-26,28,30-31,35,43,50,52,63H,27,29,32-34H2,1-4H3/t35-,43+,50+,52-,56+/m1/s1. The van der Waals surface area contributed by atoms with Gasteiger partial charge in [-0.15, -0.1) is 0 Å². The molecule has 6 aromatic carbocycles. The summed E-state index contributed by atoms with van der Waals surface area (Å²) >= 11 is 0. The molecule has 8 aromatic rings. The van der Waals surface area contributed by atoms with Crippen molar-refractivity contribution in [3.8, 4) is 17.1 Å². The molecule has 70 heavy (non-hydrogen) atoms. The third kappa shape index (κ3) is 7.28. The first-order valence-corrected chi connectivity index (χ1v) is 26.8. The maximum Gasteiger partial charge on any atom is 0.279 e. The molecule has 1 fully saturated rings. The average molecular weight is 949 g/mol. The van der Waals surface area contributed by atoms with Gasteiger partial charge >= 0.3 is 0 Å². The quantitative estimate of drug-likeness (QED) is 0.141. The molecular formula is C56H52N6O7Si. The van der Waals surface area contributed by atoms with E-state index in [4.69, 9.17) is 9.47 Å². The fraction of sp³-hybridized carbons (Fsp3) is 0.250. The summed E-state index contributed by atoms with van der Waals surface area (Å²) in [6, 6.07) is 43.3. The molecule has 1 saturated heterocycles. The number of aliphatic hydroxyl groups is 1. The summed E-state index contributed by atoms with van der Waals surface area (Å²) in [6.45, 7) is 6.94. The van der Waals surface area contributed by atoms with Crippen LogP contribution in [-0.2, 0) is 39.4 Å². The number of aromatic nitrogens is 4. The van der Waals surface area contributed by atoms with E-state index in [1.807, 2.05) is 109 Å². The maximum atomic E-state index is 15.9. The van der Waals surface area contributed by atoms with Crippen LogP contribution in [0.5, 0.6) is 5.75 Å². The Morgan fingerprint density at radius 1 is 0.771 bits per heavy atom. The van der Waals surface area contributed by atoms with E-state index >= 15 is 4.79 Å². The van der Waals surface area contributed by atoms with Crippen molar-refractivity contribution in [3.05, 3.63) is 195 Å². The van der Waals surface area contributed by atoms with Gasteiger partial charge in [0.15, 0.2) is 5.60 Å². The summed E-state index contributed by atoms with van der Waals surface area (Å²) < 4.78 is 15.8. The van der Waals surface area contributed by atoms with Crippen molar-refractivity contribution < 1.29 is 24.2 Å². The molecule has 5 atom stereocenters. The molecule has 11 rings (SSSR count). The van der Waals surface area contributed by atoms with Crippen molar-refractivity contribution in [1.29, 1.82) is 0 Å². The van der Waals surface area contributed by atoms with Crippen LogP contribution in [0, 0.1) is 5.92 Å².